The molecule has 4 rings (SSSR count). The Morgan fingerprint density at radius 3 is 2.76 bits per heavy atom. The summed E-state index contributed by atoms with van der Waals surface area (Å²) in [7, 11) is 0. The molecule has 0 spiro atoms. The summed E-state index contributed by atoms with van der Waals surface area (Å²) in [5, 5.41) is 5.60. The molecule has 0 unspecified atom stereocenters. The summed E-state index contributed by atoms with van der Waals surface area (Å²) in [5.41, 5.74) is -0.254. The van der Waals surface area contributed by atoms with Crippen molar-refractivity contribution < 1.29 is 23.9 Å². The molecule has 3 aliphatic heterocycles. The molecule has 2 fully saturated rings. The topological polar surface area (TPSA) is 105 Å². The summed E-state index contributed by atoms with van der Waals surface area (Å²) in [6, 6.07) is 1.93. The van der Waals surface area contributed by atoms with Gasteiger partial charge in [-0.05, 0) is 64.8 Å². The third-order valence-electron chi connectivity index (χ3n) is 6.71. The van der Waals surface area contributed by atoms with E-state index >= 15 is 0 Å². The second kappa shape index (κ2) is 8.42. The molecule has 2 N–H and O–H groups in total. The fourth-order valence-corrected chi connectivity index (χ4v) is 4.46. The first kappa shape index (κ1) is 23.7. The molecule has 34 heavy (non-hydrogen) atoms. The van der Waals surface area contributed by atoms with Crippen molar-refractivity contribution in [3.05, 3.63) is 42.0 Å². The molecule has 0 aromatic heterocycles. The van der Waals surface area contributed by atoms with Crippen molar-refractivity contribution in [3.63, 3.8) is 0 Å². The summed E-state index contributed by atoms with van der Waals surface area (Å²) in [6.07, 6.45) is 6.44. The van der Waals surface area contributed by atoms with Gasteiger partial charge >= 0.3 is 0 Å². The fraction of sp³-hybridized carbons (Fsp3) is 0.462. The van der Waals surface area contributed by atoms with Gasteiger partial charge in [0.2, 0.25) is 17.7 Å². The number of nitrogens with one attached hydrogen (secondary N) is 2. The normalized spacial score (nSPS) is 22.9. The molecule has 0 aliphatic carbocycles. The second-order valence-corrected chi connectivity index (χ2v) is 10.2. The van der Waals surface area contributed by atoms with Crippen molar-refractivity contribution in [1.82, 2.24) is 10.2 Å². The zero-order valence-corrected chi connectivity index (χ0v) is 20.1. The van der Waals surface area contributed by atoms with Crippen LogP contribution in [-0.4, -0.2) is 52.6 Å². The predicted molar refractivity (Wildman–Crippen MR) is 128 cm³/mol. The molecule has 180 valence electrons. The molecule has 0 saturated carbocycles. The van der Waals surface area contributed by atoms with Gasteiger partial charge < -0.3 is 20.3 Å². The van der Waals surface area contributed by atoms with Crippen LogP contribution in [0.15, 0.2) is 30.9 Å². The van der Waals surface area contributed by atoms with Crippen molar-refractivity contribution in [1.29, 1.82) is 0 Å². The van der Waals surface area contributed by atoms with Crippen LogP contribution in [0.25, 0.3) is 6.08 Å². The summed E-state index contributed by atoms with van der Waals surface area (Å²) >= 11 is 0. The summed E-state index contributed by atoms with van der Waals surface area (Å²) < 4.78 is 6.03. The van der Waals surface area contributed by atoms with Crippen LogP contribution in [0.1, 0.15) is 62.9 Å². The van der Waals surface area contributed by atoms with Gasteiger partial charge in [-0.1, -0.05) is 6.08 Å². The Kier molecular flexibility index (Phi) is 5.87. The molecular formula is C26H31N3O5. The lowest BCUT2D eigenvalue weighted by Crippen LogP contribution is -2.61. The van der Waals surface area contributed by atoms with Crippen LogP contribution >= 0.6 is 0 Å². The first-order valence-corrected chi connectivity index (χ1v) is 11.6. The highest BCUT2D eigenvalue weighted by molar-refractivity contribution is 6.10. The number of piperazine rings is 1. The summed E-state index contributed by atoms with van der Waals surface area (Å²) in [6.45, 7) is 11.5. The monoisotopic (exact) mass is 465 g/mol. The van der Waals surface area contributed by atoms with Gasteiger partial charge in [-0.2, -0.15) is 0 Å². The molecule has 1 aromatic carbocycles. The standard InChI is InChI=1S/C26H31N3O5/c1-6-25(2,3)24(33)28-21-15(9-10-20-16(21)11-12-26(4,5)34-20)19(30)14-17-23(32)29-13-7-8-18(29)22(31)27-17/h6,9-12,17-18H,1,7-8,13-14H2,2-5H3,(H,27,31)(H,28,33)/t17-,18-/m0/s1. The Hall–Kier alpha value is -3.42. The zero-order chi connectivity index (χ0) is 24.8. The molecule has 0 radical (unpaired) electrons. The number of rotatable bonds is 6. The summed E-state index contributed by atoms with van der Waals surface area (Å²) in [4.78, 5) is 53.3. The molecular weight excluding hydrogens is 434 g/mol. The number of ketones is 1. The molecule has 8 nitrogen and oxygen atoms in total. The first-order chi connectivity index (χ1) is 15.9. The number of fused-ring (bicyclic) bond motifs is 2. The van der Waals surface area contributed by atoms with Crippen molar-refractivity contribution in [2.45, 2.75) is 64.6 Å². The quantitative estimate of drug-likeness (QED) is 0.496. The molecule has 0 bridgehead atoms. The average Bonchev–Trinajstić information content (AvgIpc) is 3.27. The van der Waals surface area contributed by atoms with Gasteiger partial charge in [0.15, 0.2) is 5.78 Å². The van der Waals surface area contributed by atoms with Gasteiger partial charge in [0.25, 0.3) is 0 Å². The van der Waals surface area contributed by atoms with Gasteiger partial charge in [-0.25, -0.2) is 0 Å². The number of Topliss-reactive ketones (excluding diaryl/α,β-unsaturated/α-hetero) is 1. The molecule has 3 amide bonds. The van der Waals surface area contributed by atoms with Gasteiger partial charge in [0, 0.05) is 24.1 Å². The number of benzene rings is 1. The number of hydrogen-bond donors (Lipinski definition) is 2. The number of carbonyl (C=O) groups excluding carboxylic acids is 4. The largest absolute Gasteiger partial charge is 0.483 e. The summed E-state index contributed by atoms with van der Waals surface area (Å²) in [5.74, 6) is -0.608. The Labute approximate surface area is 199 Å². The van der Waals surface area contributed by atoms with E-state index in [0.717, 1.165) is 6.42 Å². The highest BCUT2D eigenvalue weighted by Gasteiger charge is 2.43. The maximum Gasteiger partial charge on any atom is 0.246 e. The molecule has 3 aliphatic rings. The van der Waals surface area contributed by atoms with E-state index in [4.69, 9.17) is 4.74 Å². The maximum atomic E-state index is 13.4. The lowest BCUT2D eigenvalue weighted by molar-refractivity contribution is -0.146. The van der Waals surface area contributed by atoms with Crippen LogP contribution in [-0.2, 0) is 14.4 Å². The minimum Gasteiger partial charge on any atom is -0.483 e. The van der Waals surface area contributed by atoms with Crippen LogP contribution in [0.5, 0.6) is 5.75 Å². The lowest BCUT2D eigenvalue weighted by Gasteiger charge is -2.34. The van der Waals surface area contributed by atoms with E-state index in [1.165, 1.54) is 6.08 Å². The van der Waals surface area contributed by atoms with E-state index < -0.39 is 23.1 Å². The van der Waals surface area contributed by atoms with E-state index in [-0.39, 0.29) is 35.5 Å². The van der Waals surface area contributed by atoms with Crippen LogP contribution < -0.4 is 15.4 Å². The molecule has 3 heterocycles. The molecule has 2 saturated heterocycles. The van der Waals surface area contributed by atoms with Crippen molar-refractivity contribution in [3.8, 4) is 5.75 Å². The number of amides is 3. The van der Waals surface area contributed by atoms with E-state index in [0.29, 0.717) is 30.0 Å². The highest BCUT2D eigenvalue weighted by Crippen LogP contribution is 2.39. The Morgan fingerprint density at radius 1 is 1.32 bits per heavy atom. The predicted octanol–water partition coefficient (Wildman–Crippen LogP) is 3.08. The van der Waals surface area contributed by atoms with E-state index in [1.807, 2.05) is 26.0 Å². The Bertz CT molecular complexity index is 1120. The number of carbonyl (C=O) groups is 4. The second-order valence-electron chi connectivity index (χ2n) is 10.2. The van der Waals surface area contributed by atoms with E-state index in [1.54, 1.807) is 30.9 Å². The van der Waals surface area contributed by atoms with E-state index in [9.17, 15) is 19.2 Å². The van der Waals surface area contributed by atoms with Crippen molar-refractivity contribution in [2.75, 3.05) is 11.9 Å². The van der Waals surface area contributed by atoms with Gasteiger partial charge in [0.1, 0.15) is 23.4 Å². The minimum atomic E-state index is -0.927. The molecule has 1 aromatic rings. The third kappa shape index (κ3) is 4.24. The van der Waals surface area contributed by atoms with Gasteiger partial charge in [-0.15, -0.1) is 6.58 Å². The number of anilines is 1. The number of ether oxygens (including phenoxy) is 1. The van der Waals surface area contributed by atoms with Crippen LogP contribution in [0.4, 0.5) is 5.69 Å². The van der Waals surface area contributed by atoms with Crippen LogP contribution in [0, 0.1) is 5.41 Å². The highest BCUT2D eigenvalue weighted by atomic mass is 16.5. The SMILES string of the molecule is C=CC(C)(C)C(=O)Nc1c(C(=O)C[C@@H]2NC(=O)[C@@H]3CCCN3C2=O)ccc2c1C=CC(C)(C)O2. The van der Waals surface area contributed by atoms with Crippen LogP contribution in [0.2, 0.25) is 0 Å². The Balaban J connectivity index is 1.67. The van der Waals surface area contributed by atoms with Gasteiger partial charge in [0.05, 0.1) is 11.1 Å². The Morgan fingerprint density at radius 2 is 2.06 bits per heavy atom. The zero-order valence-electron chi connectivity index (χ0n) is 20.1. The molecule has 8 heteroatoms. The van der Waals surface area contributed by atoms with Crippen molar-refractivity contribution in [2.24, 2.45) is 5.41 Å². The average molecular weight is 466 g/mol. The van der Waals surface area contributed by atoms with Crippen molar-refractivity contribution >= 4 is 35.3 Å². The fourth-order valence-electron chi connectivity index (χ4n) is 4.46. The van der Waals surface area contributed by atoms with E-state index in [2.05, 4.69) is 17.2 Å². The maximum absolute atomic E-state index is 13.4. The number of hydrogen-bond acceptors (Lipinski definition) is 5. The first-order valence-electron chi connectivity index (χ1n) is 11.6. The van der Waals surface area contributed by atoms with Crippen LogP contribution in [0.3, 0.4) is 0 Å². The van der Waals surface area contributed by atoms with Gasteiger partial charge in [-0.3, -0.25) is 19.2 Å². The third-order valence-corrected chi connectivity index (χ3v) is 6.71. The molecule has 2 atom stereocenters. The lowest BCUT2D eigenvalue weighted by atomic mass is 9.90. The number of nitrogens with zero attached hydrogens (tertiary/aromatic N) is 1. The minimum absolute atomic E-state index is 0.198. The smallest absolute Gasteiger partial charge is 0.246 e.